The number of hydrogen-bond donors (Lipinski definition) is 1. The minimum Gasteiger partial charge on any atom is -0.492 e. The first-order valence-electron chi connectivity index (χ1n) is 5.39. The fourth-order valence-electron chi connectivity index (χ4n) is 1.45. The van der Waals surface area contributed by atoms with Crippen LogP contribution in [0.1, 0.15) is 38.9 Å². The average Bonchev–Trinajstić information content (AvgIpc) is 2.17. The molecule has 0 aliphatic rings. The highest BCUT2D eigenvalue weighted by Crippen LogP contribution is 2.23. The van der Waals surface area contributed by atoms with E-state index in [4.69, 9.17) is 4.74 Å². The molecule has 0 bridgehead atoms. The lowest BCUT2D eigenvalue weighted by atomic mass is 10.0. The molecule has 1 atom stereocenters. The van der Waals surface area contributed by atoms with E-state index in [0.717, 1.165) is 17.7 Å². The van der Waals surface area contributed by atoms with Crippen LogP contribution in [0.15, 0.2) is 18.5 Å². The SMILES string of the molecule is CCOc1cncc(C(O)CC(C)C)c1. The summed E-state index contributed by atoms with van der Waals surface area (Å²) in [5.74, 6) is 1.19. The van der Waals surface area contributed by atoms with Gasteiger partial charge in [-0.05, 0) is 25.3 Å². The summed E-state index contributed by atoms with van der Waals surface area (Å²) in [5, 5.41) is 9.89. The van der Waals surface area contributed by atoms with Crippen molar-refractivity contribution in [3.63, 3.8) is 0 Å². The number of pyridine rings is 1. The standard InChI is InChI=1S/C12H19NO2/c1-4-15-11-6-10(7-13-8-11)12(14)5-9(2)3/h6-9,12,14H,4-5H2,1-3H3. The minimum absolute atomic E-state index is 0.446. The van der Waals surface area contributed by atoms with Gasteiger partial charge in [0.25, 0.3) is 0 Å². The lowest BCUT2D eigenvalue weighted by Crippen LogP contribution is -2.03. The molecule has 1 heterocycles. The number of rotatable bonds is 5. The molecule has 1 unspecified atom stereocenters. The number of hydrogen-bond acceptors (Lipinski definition) is 3. The average molecular weight is 209 g/mol. The fraction of sp³-hybridized carbons (Fsp3) is 0.583. The Morgan fingerprint density at radius 1 is 1.40 bits per heavy atom. The van der Waals surface area contributed by atoms with E-state index in [1.807, 2.05) is 13.0 Å². The van der Waals surface area contributed by atoms with Crippen molar-refractivity contribution >= 4 is 0 Å². The molecule has 3 nitrogen and oxygen atoms in total. The van der Waals surface area contributed by atoms with Gasteiger partial charge in [0.2, 0.25) is 0 Å². The lowest BCUT2D eigenvalue weighted by molar-refractivity contribution is 0.150. The van der Waals surface area contributed by atoms with Gasteiger partial charge in [0.05, 0.1) is 18.9 Å². The van der Waals surface area contributed by atoms with Crippen LogP contribution in [-0.2, 0) is 0 Å². The summed E-state index contributed by atoms with van der Waals surface area (Å²) < 4.78 is 5.33. The molecule has 84 valence electrons. The van der Waals surface area contributed by atoms with Crippen molar-refractivity contribution in [2.75, 3.05) is 6.61 Å². The van der Waals surface area contributed by atoms with Crippen molar-refractivity contribution in [3.05, 3.63) is 24.0 Å². The van der Waals surface area contributed by atoms with Crippen molar-refractivity contribution in [2.45, 2.75) is 33.3 Å². The number of aliphatic hydroxyl groups excluding tert-OH is 1. The molecule has 0 saturated heterocycles. The Morgan fingerprint density at radius 2 is 2.13 bits per heavy atom. The highest BCUT2D eigenvalue weighted by Gasteiger charge is 2.10. The molecule has 0 aromatic carbocycles. The molecule has 1 N–H and O–H groups in total. The maximum Gasteiger partial charge on any atom is 0.137 e. The van der Waals surface area contributed by atoms with Gasteiger partial charge in [-0.25, -0.2) is 0 Å². The first kappa shape index (κ1) is 12.0. The van der Waals surface area contributed by atoms with E-state index >= 15 is 0 Å². The van der Waals surface area contributed by atoms with Gasteiger partial charge >= 0.3 is 0 Å². The molecule has 0 fully saturated rings. The molecular formula is C12H19NO2. The lowest BCUT2D eigenvalue weighted by Gasteiger charge is -2.13. The topological polar surface area (TPSA) is 42.4 Å². The first-order valence-corrected chi connectivity index (χ1v) is 5.39. The fourth-order valence-corrected chi connectivity index (χ4v) is 1.45. The van der Waals surface area contributed by atoms with Crippen LogP contribution in [0.5, 0.6) is 5.75 Å². The third-order valence-electron chi connectivity index (χ3n) is 2.12. The zero-order valence-corrected chi connectivity index (χ0v) is 9.60. The quantitative estimate of drug-likeness (QED) is 0.810. The molecule has 1 aromatic heterocycles. The predicted octanol–water partition coefficient (Wildman–Crippen LogP) is 2.56. The van der Waals surface area contributed by atoms with Gasteiger partial charge in [-0.15, -0.1) is 0 Å². The van der Waals surface area contributed by atoms with Crippen molar-refractivity contribution in [1.29, 1.82) is 0 Å². The summed E-state index contributed by atoms with van der Waals surface area (Å²) >= 11 is 0. The first-order chi connectivity index (χ1) is 7.13. The summed E-state index contributed by atoms with van der Waals surface area (Å²) in [6.45, 7) is 6.72. The number of aliphatic hydroxyl groups is 1. The molecule has 0 aliphatic carbocycles. The summed E-state index contributed by atoms with van der Waals surface area (Å²) in [6.07, 6.45) is 3.65. The molecule has 0 radical (unpaired) electrons. The zero-order chi connectivity index (χ0) is 11.3. The Morgan fingerprint density at radius 3 is 2.73 bits per heavy atom. The molecule has 3 heteroatoms. The maximum absolute atomic E-state index is 9.89. The van der Waals surface area contributed by atoms with Crippen molar-refractivity contribution < 1.29 is 9.84 Å². The molecule has 1 rings (SSSR count). The van der Waals surface area contributed by atoms with Crippen LogP contribution in [0.3, 0.4) is 0 Å². The monoisotopic (exact) mass is 209 g/mol. The third-order valence-corrected chi connectivity index (χ3v) is 2.12. The van der Waals surface area contributed by atoms with Gasteiger partial charge in [-0.2, -0.15) is 0 Å². The van der Waals surface area contributed by atoms with Gasteiger partial charge in [0.15, 0.2) is 0 Å². The summed E-state index contributed by atoms with van der Waals surface area (Å²) in [4.78, 5) is 4.05. The van der Waals surface area contributed by atoms with E-state index in [0.29, 0.717) is 12.5 Å². The van der Waals surface area contributed by atoms with Crippen LogP contribution in [0, 0.1) is 5.92 Å². The Kier molecular flexibility index (Phi) is 4.56. The highest BCUT2D eigenvalue weighted by atomic mass is 16.5. The number of aromatic nitrogens is 1. The van der Waals surface area contributed by atoms with Crippen LogP contribution in [0.4, 0.5) is 0 Å². The summed E-state index contributed by atoms with van der Waals surface area (Å²) in [5.41, 5.74) is 0.828. The summed E-state index contributed by atoms with van der Waals surface area (Å²) in [7, 11) is 0. The Labute approximate surface area is 91.1 Å². The van der Waals surface area contributed by atoms with Crippen molar-refractivity contribution in [2.24, 2.45) is 5.92 Å². The Bertz CT molecular complexity index is 299. The van der Waals surface area contributed by atoms with Crippen LogP contribution >= 0.6 is 0 Å². The van der Waals surface area contributed by atoms with Crippen LogP contribution in [0.2, 0.25) is 0 Å². The number of nitrogens with zero attached hydrogens (tertiary/aromatic N) is 1. The third kappa shape index (κ3) is 3.88. The minimum atomic E-state index is -0.446. The molecule has 0 aliphatic heterocycles. The van der Waals surface area contributed by atoms with E-state index in [-0.39, 0.29) is 0 Å². The normalized spacial score (nSPS) is 12.9. The molecule has 0 spiro atoms. The second-order valence-electron chi connectivity index (χ2n) is 4.03. The zero-order valence-electron chi connectivity index (χ0n) is 9.60. The van der Waals surface area contributed by atoms with E-state index in [2.05, 4.69) is 18.8 Å². The van der Waals surface area contributed by atoms with Gasteiger partial charge in [0.1, 0.15) is 5.75 Å². The van der Waals surface area contributed by atoms with Crippen LogP contribution in [-0.4, -0.2) is 16.7 Å². The van der Waals surface area contributed by atoms with E-state index in [1.165, 1.54) is 0 Å². The van der Waals surface area contributed by atoms with Crippen LogP contribution in [0.25, 0.3) is 0 Å². The van der Waals surface area contributed by atoms with Gasteiger partial charge in [-0.3, -0.25) is 4.98 Å². The summed E-state index contributed by atoms with van der Waals surface area (Å²) in [6, 6.07) is 1.85. The highest BCUT2D eigenvalue weighted by molar-refractivity contribution is 5.25. The van der Waals surface area contributed by atoms with Crippen LogP contribution < -0.4 is 4.74 Å². The second kappa shape index (κ2) is 5.71. The molecule has 1 aromatic rings. The molecule has 0 amide bonds. The van der Waals surface area contributed by atoms with Gasteiger partial charge in [-0.1, -0.05) is 13.8 Å². The Balaban J connectivity index is 2.71. The largest absolute Gasteiger partial charge is 0.492 e. The number of ether oxygens (including phenoxy) is 1. The van der Waals surface area contributed by atoms with E-state index in [9.17, 15) is 5.11 Å². The van der Waals surface area contributed by atoms with Crippen molar-refractivity contribution in [1.82, 2.24) is 4.98 Å². The molecular weight excluding hydrogens is 190 g/mol. The Hall–Kier alpha value is -1.09. The van der Waals surface area contributed by atoms with Crippen molar-refractivity contribution in [3.8, 4) is 5.75 Å². The smallest absolute Gasteiger partial charge is 0.137 e. The molecule has 15 heavy (non-hydrogen) atoms. The van der Waals surface area contributed by atoms with Gasteiger partial charge in [0, 0.05) is 11.8 Å². The predicted molar refractivity (Wildman–Crippen MR) is 59.8 cm³/mol. The van der Waals surface area contributed by atoms with Gasteiger partial charge < -0.3 is 9.84 Å². The second-order valence-corrected chi connectivity index (χ2v) is 4.03. The van der Waals surface area contributed by atoms with E-state index in [1.54, 1.807) is 12.4 Å². The maximum atomic E-state index is 9.89. The molecule has 0 saturated carbocycles. The van der Waals surface area contributed by atoms with E-state index < -0.39 is 6.10 Å².